The second-order valence-corrected chi connectivity index (χ2v) is 6.31. The lowest BCUT2D eigenvalue weighted by atomic mass is 10.3. The van der Waals surface area contributed by atoms with Gasteiger partial charge in [0.2, 0.25) is 10.0 Å². The summed E-state index contributed by atoms with van der Waals surface area (Å²) in [7, 11) is -2.28. The van der Waals surface area contributed by atoms with Gasteiger partial charge in [0, 0.05) is 32.3 Å². The van der Waals surface area contributed by atoms with Crippen LogP contribution >= 0.6 is 0 Å². The molecule has 1 aromatic carbocycles. The molecule has 0 aromatic heterocycles. The molecule has 0 heterocycles. The molecule has 7 nitrogen and oxygen atoms in total. The van der Waals surface area contributed by atoms with E-state index in [-0.39, 0.29) is 10.6 Å². The predicted molar refractivity (Wildman–Crippen MR) is 77.4 cm³/mol. The molecule has 0 amide bonds. The van der Waals surface area contributed by atoms with Crippen LogP contribution in [-0.2, 0) is 10.0 Å². The normalized spacial score (nSPS) is 11.6. The molecular formula is C12H19N3O4S. The van der Waals surface area contributed by atoms with Crippen molar-refractivity contribution in [2.45, 2.75) is 25.2 Å². The maximum absolute atomic E-state index is 12.5. The van der Waals surface area contributed by atoms with Crippen LogP contribution in [0.5, 0.6) is 0 Å². The molecule has 0 saturated carbocycles. The van der Waals surface area contributed by atoms with Gasteiger partial charge in [-0.2, -0.15) is 0 Å². The van der Waals surface area contributed by atoms with Gasteiger partial charge >= 0.3 is 0 Å². The Balaban J connectivity index is 3.38. The van der Waals surface area contributed by atoms with E-state index < -0.39 is 14.9 Å². The summed E-state index contributed by atoms with van der Waals surface area (Å²) in [5.74, 6) is 0. The average Bonchev–Trinajstić information content (AvgIpc) is 2.39. The van der Waals surface area contributed by atoms with Crippen molar-refractivity contribution in [3.05, 3.63) is 28.3 Å². The SMILES string of the molecule is CCCN(C)S(=O)(=O)c1cc([N+](=O)[O-])ccc1NCC. The third-order valence-electron chi connectivity index (χ3n) is 2.77. The van der Waals surface area contributed by atoms with Crippen molar-refractivity contribution in [1.29, 1.82) is 0 Å². The topological polar surface area (TPSA) is 92.5 Å². The Hall–Kier alpha value is -1.67. The summed E-state index contributed by atoms with van der Waals surface area (Å²) in [6.45, 7) is 4.58. The van der Waals surface area contributed by atoms with E-state index in [2.05, 4.69) is 5.32 Å². The van der Waals surface area contributed by atoms with E-state index in [9.17, 15) is 18.5 Å². The van der Waals surface area contributed by atoms with Gasteiger partial charge in [-0.25, -0.2) is 12.7 Å². The molecule has 0 radical (unpaired) electrons. The lowest BCUT2D eigenvalue weighted by molar-refractivity contribution is -0.385. The van der Waals surface area contributed by atoms with Gasteiger partial charge < -0.3 is 5.32 Å². The smallest absolute Gasteiger partial charge is 0.270 e. The number of nitro groups is 1. The van der Waals surface area contributed by atoms with Crippen LogP contribution in [0.3, 0.4) is 0 Å². The van der Waals surface area contributed by atoms with Crippen LogP contribution in [0.4, 0.5) is 11.4 Å². The third-order valence-corrected chi connectivity index (χ3v) is 4.67. The molecule has 0 fully saturated rings. The highest BCUT2D eigenvalue weighted by atomic mass is 32.2. The van der Waals surface area contributed by atoms with Crippen molar-refractivity contribution in [1.82, 2.24) is 4.31 Å². The number of hydrogen-bond acceptors (Lipinski definition) is 5. The summed E-state index contributed by atoms with van der Waals surface area (Å²) in [6, 6.07) is 3.81. The molecule has 1 rings (SSSR count). The van der Waals surface area contributed by atoms with Crippen LogP contribution in [0.15, 0.2) is 23.1 Å². The van der Waals surface area contributed by atoms with Crippen LogP contribution in [-0.4, -0.2) is 37.8 Å². The molecule has 1 N–H and O–H groups in total. The summed E-state index contributed by atoms with van der Waals surface area (Å²) in [6.07, 6.45) is 0.668. The molecule has 0 saturated heterocycles. The number of sulfonamides is 1. The molecule has 0 aliphatic carbocycles. The number of nitrogens with zero attached hydrogens (tertiary/aromatic N) is 2. The van der Waals surface area contributed by atoms with Crippen molar-refractivity contribution in [3.63, 3.8) is 0 Å². The Bertz CT molecular complexity index is 586. The molecular weight excluding hydrogens is 282 g/mol. The fourth-order valence-corrected chi connectivity index (χ4v) is 3.22. The molecule has 112 valence electrons. The first kappa shape index (κ1) is 16.4. The number of hydrogen-bond donors (Lipinski definition) is 1. The van der Waals surface area contributed by atoms with Crippen LogP contribution in [0.2, 0.25) is 0 Å². The zero-order valence-electron chi connectivity index (χ0n) is 11.8. The van der Waals surface area contributed by atoms with Gasteiger partial charge in [-0.1, -0.05) is 6.92 Å². The zero-order chi connectivity index (χ0) is 15.3. The molecule has 0 bridgehead atoms. The summed E-state index contributed by atoms with van der Waals surface area (Å²) in [4.78, 5) is 10.2. The number of non-ortho nitro benzene ring substituents is 1. The van der Waals surface area contributed by atoms with E-state index in [4.69, 9.17) is 0 Å². The maximum atomic E-state index is 12.5. The van der Waals surface area contributed by atoms with Gasteiger partial charge in [-0.3, -0.25) is 10.1 Å². The van der Waals surface area contributed by atoms with Gasteiger partial charge in [0.15, 0.2) is 0 Å². The maximum Gasteiger partial charge on any atom is 0.270 e. The third kappa shape index (κ3) is 3.45. The zero-order valence-corrected chi connectivity index (χ0v) is 12.6. The van der Waals surface area contributed by atoms with Crippen LogP contribution in [0, 0.1) is 10.1 Å². The lowest BCUT2D eigenvalue weighted by Gasteiger charge is -2.18. The monoisotopic (exact) mass is 301 g/mol. The van der Waals surface area contributed by atoms with Crippen molar-refractivity contribution >= 4 is 21.4 Å². The highest BCUT2D eigenvalue weighted by molar-refractivity contribution is 7.89. The molecule has 0 unspecified atom stereocenters. The number of nitro benzene ring substituents is 1. The van der Waals surface area contributed by atoms with E-state index in [1.807, 2.05) is 13.8 Å². The van der Waals surface area contributed by atoms with Gasteiger partial charge in [0.25, 0.3) is 5.69 Å². The number of nitrogens with one attached hydrogen (secondary N) is 1. The van der Waals surface area contributed by atoms with Gasteiger partial charge in [-0.05, 0) is 19.4 Å². The Kier molecular flexibility index (Phi) is 5.46. The van der Waals surface area contributed by atoms with Crippen LogP contribution in [0.1, 0.15) is 20.3 Å². The Morgan fingerprint density at radius 1 is 1.35 bits per heavy atom. The molecule has 0 spiro atoms. The summed E-state index contributed by atoms with van der Waals surface area (Å²) in [5, 5.41) is 13.7. The Labute approximate surface area is 118 Å². The van der Waals surface area contributed by atoms with Gasteiger partial charge in [0.05, 0.1) is 10.6 Å². The standard InChI is InChI=1S/C12H19N3O4S/c1-4-8-14(3)20(18,19)12-9-10(15(16)17)6-7-11(12)13-5-2/h6-7,9,13H,4-5,8H2,1-3H3. The van der Waals surface area contributed by atoms with E-state index in [0.717, 1.165) is 6.07 Å². The second kappa shape index (κ2) is 6.67. The average molecular weight is 301 g/mol. The quantitative estimate of drug-likeness (QED) is 0.614. The van der Waals surface area contributed by atoms with Crippen LogP contribution < -0.4 is 5.32 Å². The lowest BCUT2D eigenvalue weighted by Crippen LogP contribution is -2.28. The highest BCUT2D eigenvalue weighted by Crippen LogP contribution is 2.28. The summed E-state index contributed by atoms with van der Waals surface area (Å²) < 4.78 is 26.1. The first-order chi connectivity index (χ1) is 9.34. The number of benzene rings is 1. The van der Waals surface area contributed by atoms with Crippen LogP contribution in [0.25, 0.3) is 0 Å². The van der Waals surface area contributed by atoms with E-state index in [0.29, 0.717) is 25.2 Å². The molecule has 0 atom stereocenters. The minimum absolute atomic E-state index is 0.0653. The number of anilines is 1. The molecule has 8 heteroatoms. The fourth-order valence-electron chi connectivity index (χ4n) is 1.78. The van der Waals surface area contributed by atoms with E-state index in [1.54, 1.807) is 0 Å². The fraction of sp³-hybridized carbons (Fsp3) is 0.500. The largest absolute Gasteiger partial charge is 0.384 e. The second-order valence-electron chi connectivity index (χ2n) is 4.29. The molecule has 0 aliphatic heterocycles. The Morgan fingerprint density at radius 2 is 2.00 bits per heavy atom. The first-order valence-electron chi connectivity index (χ1n) is 6.33. The minimum Gasteiger partial charge on any atom is -0.384 e. The van der Waals surface area contributed by atoms with Crippen molar-refractivity contribution in [3.8, 4) is 0 Å². The van der Waals surface area contributed by atoms with Gasteiger partial charge in [-0.15, -0.1) is 0 Å². The van der Waals surface area contributed by atoms with E-state index in [1.165, 1.54) is 23.5 Å². The minimum atomic E-state index is -3.74. The van der Waals surface area contributed by atoms with Crippen molar-refractivity contribution < 1.29 is 13.3 Å². The first-order valence-corrected chi connectivity index (χ1v) is 7.77. The van der Waals surface area contributed by atoms with Gasteiger partial charge in [0.1, 0.15) is 4.90 Å². The molecule has 1 aromatic rings. The van der Waals surface area contributed by atoms with Crippen molar-refractivity contribution in [2.24, 2.45) is 0 Å². The summed E-state index contributed by atoms with van der Waals surface area (Å²) in [5.41, 5.74) is 0.135. The van der Waals surface area contributed by atoms with E-state index >= 15 is 0 Å². The number of rotatable bonds is 7. The Morgan fingerprint density at radius 3 is 2.50 bits per heavy atom. The predicted octanol–water partition coefficient (Wildman–Crippen LogP) is 2.06. The highest BCUT2D eigenvalue weighted by Gasteiger charge is 2.25. The summed E-state index contributed by atoms with van der Waals surface area (Å²) >= 11 is 0. The van der Waals surface area contributed by atoms with Crippen molar-refractivity contribution in [2.75, 3.05) is 25.5 Å². The molecule has 20 heavy (non-hydrogen) atoms. The molecule has 0 aliphatic rings.